The maximum atomic E-state index is 6.39. The van der Waals surface area contributed by atoms with Crippen molar-refractivity contribution in [3.8, 4) is 5.75 Å². The Morgan fingerprint density at radius 2 is 2.25 bits per heavy atom. The van der Waals surface area contributed by atoms with E-state index in [0.717, 1.165) is 48.7 Å². The third-order valence-electron chi connectivity index (χ3n) is 4.73. The molecule has 3 nitrogen and oxygen atoms in total. The van der Waals surface area contributed by atoms with Crippen LogP contribution in [0.3, 0.4) is 0 Å². The molecule has 20 heavy (non-hydrogen) atoms. The highest BCUT2D eigenvalue weighted by Gasteiger charge is 2.40. The van der Waals surface area contributed by atoms with Crippen molar-refractivity contribution in [2.24, 2.45) is 5.73 Å². The number of hydrogen-bond acceptors (Lipinski definition) is 3. The fraction of sp³-hybridized carbons (Fsp3) is 0.625. The van der Waals surface area contributed by atoms with E-state index in [9.17, 15) is 0 Å². The smallest absolute Gasteiger partial charge is 0.125 e. The largest absolute Gasteiger partial charge is 0.487 e. The van der Waals surface area contributed by atoms with Gasteiger partial charge in [0.15, 0.2) is 0 Å². The fourth-order valence-electron chi connectivity index (χ4n) is 3.53. The lowest BCUT2D eigenvalue weighted by Crippen LogP contribution is -2.43. The van der Waals surface area contributed by atoms with Crippen LogP contribution in [0.1, 0.15) is 44.2 Å². The van der Waals surface area contributed by atoms with Gasteiger partial charge < -0.3 is 15.4 Å². The van der Waals surface area contributed by atoms with Gasteiger partial charge in [-0.3, -0.25) is 0 Å². The first-order valence-corrected chi connectivity index (χ1v) is 7.96. The van der Waals surface area contributed by atoms with Crippen molar-refractivity contribution in [1.82, 2.24) is 4.90 Å². The van der Waals surface area contributed by atoms with Crippen LogP contribution >= 0.6 is 11.6 Å². The van der Waals surface area contributed by atoms with E-state index in [1.54, 1.807) is 0 Å². The van der Waals surface area contributed by atoms with Crippen LogP contribution in [0.25, 0.3) is 0 Å². The maximum Gasteiger partial charge on any atom is 0.125 e. The Morgan fingerprint density at radius 1 is 1.40 bits per heavy atom. The molecule has 0 aliphatic carbocycles. The van der Waals surface area contributed by atoms with E-state index in [-0.39, 0.29) is 11.6 Å². The van der Waals surface area contributed by atoms with Crippen molar-refractivity contribution < 1.29 is 4.74 Å². The molecule has 0 radical (unpaired) electrons. The molecule has 2 atom stereocenters. The van der Waals surface area contributed by atoms with Crippen LogP contribution in [-0.4, -0.2) is 30.1 Å². The molecule has 0 bridgehead atoms. The minimum atomic E-state index is -0.0792. The topological polar surface area (TPSA) is 38.5 Å². The molecule has 2 aliphatic rings. The Morgan fingerprint density at radius 3 is 3.05 bits per heavy atom. The van der Waals surface area contributed by atoms with Gasteiger partial charge in [-0.1, -0.05) is 18.5 Å². The minimum absolute atomic E-state index is 0.0330. The van der Waals surface area contributed by atoms with Crippen LogP contribution in [0.5, 0.6) is 5.75 Å². The molecule has 0 amide bonds. The van der Waals surface area contributed by atoms with E-state index in [2.05, 4.69) is 11.8 Å². The molecule has 0 saturated carbocycles. The lowest BCUT2D eigenvalue weighted by atomic mass is 9.82. The molecule has 3 rings (SSSR count). The molecule has 110 valence electrons. The van der Waals surface area contributed by atoms with E-state index in [4.69, 9.17) is 22.1 Å². The van der Waals surface area contributed by atoms with Gasteiger partial charge in [-0.2, -0.15) is 0 Å². The number of fused-ring (bicyclic) bond motifs is 1. The van der Waals surface area contributed by atoms with Gasteiger partial charge >= 0.3 is 0 Å². The van der Waals surface area contributed by atoms with Gasteiger partial charge in [0.2, 0.25) is 0 Å². The number of halogens is 1. The quantitative estimate of drug-likeness (QED) is 0.863. The summed E-state index contributed by atoms with van der Waals surface area (Å²) in [5.41, 5.74) is 7.36. The predicted octanol–water partition coefficient (Wildman–Crippen LogP) is 3.37. The van der Waals surface area contributed by atoms with E-state index in [1.165, 1.54) is 13.0 Å². The molecule has 1 saturated heterocycles. The van der Waals surface area contributed by atoms with Crippen molar-refractivity contribution in [1.29, 1.82) is 0 Å². The second-order valence-electron chi connectivity index (χ2n) is 6.07. The van der Waals surface area contributed by atoms with Crippen molar-refractivity contribution in [3.05, 3.63) is 28.8 Å². The summed E-state index contributed by atoms with van der Waals surface area (Å²) in [4.78, 5) is 2.50. The third-order valence-corrected chi connectivity index (χ3v) is 4.96. The zero-order valence-corrected chi connectivity index (χ0v) is 12.8. The van der Waals surface area contributed by atoms with Gasteiger partial charge in [0.05, 0.1) is 0 Å². The lowest BCUT2D eigenvalue weighted by molar-refractivity contribution is 0.0219. The number of benzene rings is 1. The highest BCUT2D eigenvalue weighted by atomic mass is 35.5. The van der Waals surface area contributed by atoms with Crippen LogP contribution in [-0.2, 0) is 0 Å². The molecule has 1 spiro atoms. The molecular weight excluding hydrogens is 272 g/mol. The van der Waals surface area contributed by atoms with Gasteiger partial charge in [0.25, 0.3) is 0 Å². The second kappa shape index (κ2) is 5.55. The molecule has 2 unspecified atom stereocenters. The predicted molar refractivity (Wildman–Crippen MR) is 82.3 cm³/mol. The molecule has 2 heterocycles. The molecule has 2 aliphatic heterocycles. The van der Waals surface area contributed by atoms with Crippen molar-refractivity contribution in [3.63, 3.8) is 0 Å². The minimum Gasteiger partial charge on any atom is -0.487 e. The van der Waals surface area contributed by atoms with Crippen molar-refractivity contribution in [2.45, 2.75) is 44.2 Å². The summed E-state index contributed by atoms with van der Waals surface area (Å²) in [5, 5.41) is 0.733. The second-order valence-corrected chi connectivity index (χ2v) is 6.50. The number of nitrogens with zero attached hydrogens (tertiary/aromatic N) is 1. The maximum absolute atomic E-state index is 6.39. The zero-order chi connectivity index (χ0) is 14.2. The number of nitrogens with two attached hydrogens (primary N) is 1. The standard InChI is InChI=1S/C16H23ClN2O/c1-2-19-8-3-6-16(7-9-19)11-14(18)13-10-12(17)4-5-15(13)20-16/h4-5,10,14H,2-3,6-9,11,18H2,1H3. The molecule has 1 fully saturated rings. The lowest BCUT2D eigenvalue weighted by Gasteiger charge is -2.41. The number of hydrogen-bond donors (Lipinski definition) is 1. The van der Waals surface area contributed by atoms with Crippen LogP contribution in [0.4, 0.5) is 0 Å². The van der Waals surface area contributed by atoms with Crippen LogP contribution in [0.2, 0.25) is 5.02 Å². The highest BCUT2D eigenvalue weighted by molar-refractivity contribution is 6.30. The summed E-state index contributed by atoms with van der Waals surface area (Å²) in [6, 6.07) is 5.84. The van der Waals surface area contributed by atoms with E-state index in [0.29, 0.717) is 0 Å². The first kappa shape index (κ1) is 14.2. The fourth-order valence-corrected chi connectivity index (χ4v) is 3.71. The van der Waals surface area contributed by atoms with Gasteiger partial charge in [-0.25, -0.2) is 0 Å². The Kier molecular flexibility index (Phi) is 3.93. The van der Waals surface area contributed by atoms with Crippen LogP contribution in [0.15, 0.2) is 18.2 Å². The highest BCUT2D eigenvalue weighted by Crippen LogP contribution is 2.44. The average molecular weight is 295 g/mol. The molecular formula is C16H23ClN2O. The number of rotatable bonds is 1. The summed E-state index contributed by atoms with van der Waals surface area (Å²) in [7, 11) is 0. The Balaban J connectivity index is 1.85. The number of likely N-dealkylation sites (tertiary alicyclic amines) is 1. The Bertz CT molecular complexity index is 493. The monoisotopic (exact) mass is 294 g/mol. The summed E-state index contributed by atoms with van der Waals surface area (Å²) >= 11 is 6.07. The summed E-state index contributed by atoms with van der Waals surface area (Å²) in [6.45, 7) is 5.62. The SMILES string of the molecule is CCN1CCCC2(CC1)CC(N)c1cc(Cl)ccc1O2. The van der Waals surface area contributed by atoms with Crippen LogP contribution in [0, 0.1) is 0 Å². The van der Waals surface area contributed by atoms with Gasteiger partial charge in [-0.15, -0.1) is 0 Å². The first-order valence-electron chi connectivity index (χ1n) is 7.58. The summed E-state index contributed by atoms with van der Waals surface area (Å²) in [5.74, 6) is 0.929. The van der Waals surface area contributed by atoms with Gasteiger partial charge in [0.1, 0.15) is 11.4 Å². The van der Waals surface area contributed by atoms with E-state index < -0.39 is 0 Å². The molecule has 1 aromatic carbocycles. The van der Waals surface area contributed by atoms with Crippen molar-refractivity contribution >= 4 is 11.6 Å². The average Bonchev–Trinajstić information content (AvgIpc) is 2.62. The van der Waals surface area contributed by atoms with Gasteiger partial charge in [0, 0.05) is 29.6 Å². The molecule has 2 N–H and O–H groups in total. The summed E-state index contributed by atoms with van der Waals surface area (Å²) < 4.78 is 6.39. The van der Waals surface area contributed by atoms with E-state index >= 15 is 0 Å². The Hall–Kier alpha value is -0.770. The van der Waals surface area contributed by atoms with Gasteiger partial charge in [-0.05, 0) is 50.6 Å². The first-order chi connectivity index (χ1) is 9.62. The van der Waals surface area contributed by atoms with Crippen LogP contribution < -0.4 is 10.5 Å². The number of ether oxygens (including phenoxy) is 1. The van der Waals surface area contributed by atoms with E-state index in [1.807, 2.05) is 18.2 Å². The zero-order valence-electron chi connectivity index (χ0n) is 12.1. The molecule has 4 heteroatoms. The summed E-state index contributed by atoms with van der Waals surface area (Å²) in [6.07, 6.45) is 4.25. The molecule has 1 aromatic rings. The Labute approximate surface area is 126 Å². The third kappa shape index (κ3) is 2.67. The normalized spacial score (nSPS) is 30.6. The molecule has 0 aromatic heterocycles. The van der Waals surface area contributed by atoms with Crippen molar-refractivity contribution in [2.75, 3.05) is 19.6 Å².